The lowest BCUT2D eigenvalue weighted by molar-refractivity contribution is 0.671. The van der Waals surface area contributed by atoms with Gasteiger partial charge in [-0.1, -0.05) is 25.2 Å². The van der Waals surface area contributed by atoms with Crippen molar-refractivity contribution in [3.8, 4) is 0 Å². The summed E-state index contributed by atoms with van der Waals surface area (Å²) < 4.78 is 1.08. The molecule has 1 aromatic rings. The fourth-order valence-electron chi connectivity index (χ4n) is 0.989. The van der Waals surface area contributed by atoms with E-state index < -0.39 is 0 Å². The maximum Gasteiger partial charge on any atom is 0.183 e. The maximum absolute atomic E-state index is 4.21. The Balaban J connectivity index is 2.50. The van der Waals surface area contributed by atoms with Gasteiger partial charge < -0.3 is 5.32 Å². The third-order valence-corrected chi connectivity index (χ3v) is 3.20. The molecule has 0 fully saturated rings. The summed E-state index contributed by atoms with van der Waals surface area (Å²) in [7, 11) is 0. The van der Waals surface area contributed by atoms with Gasteiger partial charge in [-0.3, -0.25) is 0 Å². The van der Waals surface area contributed by atoms with E-state index in [0.29, 0.717) is 6.04 Å². The van der Waals surface area contributed by atoms with Gasteiger partial charge in [-0.05, 0) is 28.8 Å². The van der Waals surface area contributed by atoms with Crippen LogP contribution >= 0.6 is 27.3 Å². The molecule has 0 unspecified atom stereocenters. The van der Waals surface area contributed by atoms with Crippen LogP contribution in [0.4, 0.5) is 5.13 Å². The van der Waals surface area contributed by atoms with Crippen molar-refractivity contribution < 1.29 is 0 Å². The van der Waals surface area contributed by atoms with Crippen molar-refractivity contribution in [2.45, 2.75) is 32.7 Å². The molecule has 0 radical (unpaired) electrons. The Kier molecular flexibility index (Phi) is 4.01. The molecular formula is C8H13BrN2S. The second-order valence-electron chi connectivity index (χ2n) is 2.63. The van der Waals surface area contributed by atoms with Crippen LogP contribution in [0.2, 0.25) is 0 Å². The Morgan fingerprint density at radius 1 is 1.58 bits per heavy atom. The summed E-state index contributed by atoms with van der Waals surface area (Å²) in [4.78, 5) is 4.21. The van der Waals surface area contributed by atoms with Gasteiger partial charge in [0, 0.05) is 6.04 Å². The molecule has 1 rings (SSSR count). The van der Waals surface area contributed by atoms with Gasteiger partial charge in [0.25, 0.3) is 0 Å². The number of hydrogen-bond donors (Lipinski definition) is 1. The van der Waals surface area contributed by atoms with Crippen LogP contribution in [0, 0.1) is 0 Å². The number of nitrogens with one attached hydrogen (secondary N) is 1. The quantitative estimate of drug-likeness (QED) is 0.883. The standard InChI is InChI=1S/C8H13BrN2S/c1-3-6(4-2)11-8-10-5-7(9)12-8/h5-6H,3-4H2,1-2H3,(H,10,11). The van der Waals surface area contributed by atoms with Crippen LogP contribution in [0.5, 0.6) is 0 Å². The largest absolute Gasteiger partial charge is 0.359 e. The van der Waals surface area contributed by atoms with Gasteiger partial charge >= 0.3 is 0 Å². The molecule has 4 heteroatoms. The second-order valence-corrected chi connectivity index (χ2v) is 5.04. The predicted octanol–water partition coefficient (Wildman–Crippen LogP) is 3.51. The zero-order chi connectivity index (χ0) is 8.97. The predicted molar refractivity (Wildman–Crippen MR) is 57.8 cm³/mol. The molecule has 0 saturated carbocycles. The van der Waals surface area contributed by atoms with Gasteiger partial charge in [-0.15, -0.1) is 0 Å². The zero-order valence-electron chi connectivity index (χ0n) is 7.30. The zero-order valence-corrected chi connectivity index (χ0v) is 9.70. The number of anilines is 1. The van der Waals surface area contributed by atoms with Gasteiger partial charge in [0.15, 0.2) is 5.13 Å². The van der Waals surface area contributed by atoms with E-state index in [4.69, 9.17) is 0 Å². The summed E-state index contributed by atoms with van der Waals surface area (Å²) in [5, 5.41) is 4.39. The normalized spacial score (nSPS) is 10.7. The highest BCUT2D eigenvalue weighted by Crippen LogP contribution is 2.24. The molecule has 0 atom stereocenters. The molecule has 12 heavy (non-hydrogen) atoms. The second kappa shape index (κ2) is 4.82. The molecule has 0 aliphatic carbocycles. The van der Waals surface area contributed by atoms with Crippen LogP contribution in [0.25, 0.3) is 0 Å². The Bertz CT molecular complexity index is 233. The lowest BCUT2D eigenvalue weighted by Gasteiger charge is -2.12. The van der Waals surface area contributed by atoms with Crippen LogP contribution in [0.15, 0.2) is 9.98 Å². The average molecular weight is 249 g/mol. The minimum atomic E-state index is 0.558. The molecule has 68 valence electrons. The lowest BCUT2D eigenvalue weighted by Crippen LogP contribution is -2.16. The van der Waals surface area contributed by atoms with Gasteiger partial charge in [0.05, 0.1) is 9.98 Å². The first-order valence-corrected chi connectivity index (χ1v) is 5.75. The maximum atomic E-state index is 4.21. The monoisotopic (exact) mass is 248 g/mol. The van der Waals surface area contributed by atoms with Crippen LogP contribution < -0.4 is 5.32 Å². The summed E-state index contributed by atoms with van der Waals surface area (Å²) >= 11 is 5.02. The fourth-order valence-corrected chi connectivity index (χ4v) is 2.17. The van der Waals surface area contributed by atoms with E-state index in [9.17, 15) is 0 Å². The molecule has 0 amide bonds. The van der Waals surface area contributed by atoms with Crippen molar-refractivity contribution in [1.29, 1.82) is 0 Å². The third-order valence-electron chi connectivity index (χ3n) is 1.79. The minimum Gasteiger partial charge on any atom is -0.359 e. The van der Waals surface area contributed by atoms with Crippen LogP contribution in [-0.2, 0) is 0 Å². The Hall–Kier alpha value is -0.0900. The van der Waals surface area contributed by atoms with Crippen molar-refractivity contribution in [3.05, 3.63) is 9.98 Å². The summed E-state index contributed by atoms with van der Waals surface area (Å²) in [6, 6.07) is 0.558. The van der Waals surface area contributed by atoms with E-state index in [-0.39, 0.29) is 0 Å². The SMILES string of the molecule is CCC(CC)Nc1ncc(Br)s1. The summed E-state index contributed by atoms with van der Waals surface area (Å²) in [6.45, 7) is 4.37. The molecule has 0 bridgehead atoms. The van der Waals surface area contributed by atoms with Gasteiger partial charge in [-0.25, -0.2) is 4.98 Å². The number of nitrogens with zero attached hydrogens (tertiary/aromatic N) is 1. The van der Waals surface area contributed by atoms with Crippen LogP contribution in [0.1, 0.15) is 26.7 Å². The van der Waals surface area contributed by atoms with Crippen LogP contribution in [0.3, 0.4) is 0 Å². The van der Waals surface area contributed by atoms with E-state index in [2.05, 4.69) is 40.1 Å². The molecule has 1 heterocycles. The fraction of sp³-hybridized carbons (Fsp3) is 0.625. The molecule has 0 aliphatic rings. The molecule has 1 aromatic heterocycles. The van der Waals surface area contributed by atoms with E-state index in [0.717, 1.165) is 21.8 Å². The van der Waals surface area contributed by atoms with Gasteiger partial charge in [0.1, 0.15) is 0 Å². The topological polar surface area (TPSA) is 24.9 Å². The highest BCUT2D eigenvalue weighted by molar-refractivity contribution is 9.11. The molecule has 2 nitrogen and oxygen atoms in total. The van der Waals surface area contributed by atoms with E-state index in [1.54, 1.807) is 11.3 Å². The average Bonchev–Trinajstić information content (AvgIpc) is 2.47. The summed E-state index contributed by atoms with van der Waals surface area (Å²) in [5.74, 6) is 0. The van der Waals surface area contributed by atoms with Crippen molar-refractivity contribution >= 4 is 32.4 Å². The van der Waals surface area contributed by atoms with Crippen molar-refractivity contribution in [1.82, 2.24) is 4.98 Å². The first-order chi connectivity index (χ1) is 5.76. The number of rotatable bonds is 4. The first kappa shape index (κ1) is 9.99. The summed E-state index contributed by atoms with van der Waals surface area (Å²) in [6.07, 6.45) is 4.12. The molecule has 0 saturated heterocycles. The number of thiazole rings is 1. The highest BCUT2D eigenvalue weighted by Gasteiger charge is 2.05. The molecule has 0 aliphatic heterocycles. The third kappa shape index (κ3) is 2.75. The number of hydrogen-bond acceptors (Lipinski definition) is 3. The van der Waals surface area contributed by atoms with Crippen molar-refractivity contribution in [3.63, 3.8) is 0 Å². The van der Waals surface area contributed by atoms with Gasteiger partial charge in [0.2, 0.25) is 0 Å². The van der Waals surface area contributed by atoms with Gasteiger partial charge in [-0.2, -0.15) is 0 Å². The Labute approximate surface area is 85.5 Å². The highest BCUT2D eigenvalue weighted by atomic mass is 79.9. The number of halogens is 1. The van der Waals surface area contributed by atoms with Crippen molar-refractivity contribution in [2.24, 2.45) is 0 Å². The van der Waals surface area contributed by atoms with E-state index >= 15 is 0 Å². The van der Waals surface area contributed by atoms with E-state index in [1.165, 1.54) is 0 Å². The number of aromatic nitrogens is 1. The molecule has 0 aromatic carbocycles. The summed E-state index contributed by atoms with van der Waals surface area (Å²) in [5.41, 5.74) is 0. The smallest absolute Gasteiger partial charge is 0.183 e. The van der Waals surface area contributed by atoms with E-state index in [1.807, 2.05) is 6.20 Å². The van der Waals surface area contributed by atoms with Crippen molar-refractivity contribution in [2.75, 3.05) is 5.32 Å². The lowest BCUT2D eigenvalue weighted by atomic mass is 10.2. The molecular weight excluding hydrogens is 236 g/mol. The Morgan fingerprint density at radius 3 is 2.67 bits per heavy atom. The first-order valence-electron chi connectivity index (χ1n) is 4.14. The molecule has 0 spiro atoms. The minimum absolute atomic E-state index is 0.558. The Morgan fingerprint density at radius 2 is 2.25 bits per heavy atom. The molecule has 1 N–H and O–H groups in total. The van der Waals surface area contributed by atoms with Crippen LogP contribution in [-0.4, -0.2) is 11.0 Å².